The van der Waals surface area contributed by atoms with E-state index in [0.29, 0.717) is 11.7 Å². The van der Waals surface area contributed by atoms with Crippen molar-refractivity contribution in [2.45, 2.75) is 26.9 Å². The van der Waals surface area contributed by atoms with Crippen LogP contribution >= 0.6 is 11.8 Å². The van der Waals surface area contributed by atoms with Crippen molar-refractivity contribution < 1.29 is 9.59 Å². The quantitative estimate of drug-likeness (QED) is 0.704. The van der Waals surface area contributed by atoms with Crippen LogP contribution in [0.5, 0.6) is 0 Å². The van der Waals surface area contributed by atoms with Crippen LogP contribution in [-0.2, 0) is 9.59 Å². The Morgan fingerprint density at radius 3 is 2.67 bits per heavy atom. The third-order valence-corrected chi connectivity index (χ3v) is 6.30. The second kappa shape index (κ2) is 8.59. The molecule has 1 fully saturated rings. The highest BCUT2D eigenvalue weighted by molar-refractivity contribution is 8.14. The molecule has 0 bridgehead atoms. The number of hydrogen-bond acceptors (Lipinski definition) is 6. The van der Waals surface area contributed by atoms with Crippen molar-refractivity contribution in [3.8, 4) is 0 Å². The summed E-state index contributed by atoms with van der Waals surface area (Å²) < 4.78 is 0. The number of carbonyl (C=O) groups is 2. The number of aliphatic imine (C=N–C) groups is 1. The van der Waals surface area contributed by atoms with Gasteiger partial charge in [-0.3, -0.25) is 19.9 Å². The standard InChI is InChI=1S/C22H25N5O2S/c1-13-4-8-17(9-5-13)27-21(29)18-11-23-26-20(18)25-22(27)30-12-19(28)24-16-7-6-14(2)15(3)10-16/h4-10,18,20,23,26H,11-12H2,1-3H3,(H,24,28). The number of benzene rings is 2. The van der Waals surface area contributed by atoms with Gasteiger partial charge in [-0.05, 0) is 56.2 Å². The van der Waals surface area contributed by atoms with Crippen LogP contribution in [-0.4, -0.2) is 35.4 Å². The number of anilines is 2. The average Bonchev–Trinajstić information content (AvgIpc) is 3.19. The number of fused-ring (bicyclic) bond motifs is 1. The zero-order valence-electron chi connectivity index (χ0n) is 17.2. The van der Waals surface area contributed by atoms with Gasteiger partial charge in [0.25, 0.3) is 0 Å². The van der Waals surface area contributed by atoms with E-state index in [-0.39, 0.29) is 29.7 Å². The molecule has 8 heteroatoms. The minimum absolute atomic E-state index is 0.0200. The molecule has 2 aliphatic rings. The van der Waals surface area contributed by atoms with Crippen LogP contribution in [0.3, 0.4) is 0 Å². The highest BCUT2D eigenvalue weighted by Gasteiger charge is 2.42. The summed E-state index contributed by atoms with van der Waals surface area (Å²) in [5.41, 5.74) is 11.0. The van der Waals surface area contributed by atoms with Crippen LogP contribution in [0, 0.1) is 26.7 Å². The lowest BCUT2D eigenvalue weighted by molar-refractivity contribution is -0.121. The highest BCUT2D eigenvalue weighted by atomic mass is 32.2. The molecule has 0 spiro atoms. The fourth-order valence-corrected chi connectivity index (χ4v) is 4.29. The predicted octanol–water partition coefficient (Wildman–Crippen LogP) is 2.74. The van der Waals surface area contributed by atoms with E-state index in [4.69, 9.17) is 4.99 Å². The monoisotopic (exact) mass is 423 g/mol. The number of amides is 2. The fraction of sp³-hybridized carbons (Fsp3) is 0.318. The van der Waals surface area contributed by atoms with Gasteiger partial charge < -0.3 is 5.32 Å². The fourth-order valence-electron chi connectivity index (χ4n) is 3.45. The molecule has 2 aliphatic heterocycles. The number of hydrazine groups is 1. The van der Waals surface area contributed by atoms with Gasteiger partial charge in [0.1, 0.15) is 6.17 Å². The summed E-state index contributed by atoms with van der Waals surface area (Å²) in [6, 6.07) is 13.6. The topological polar surface area (TPSA) is 85.8 Å². The van der Waals surface area contributed by atoms with Crippen molar-refractivity contribution in [2.75, 3.05) is 22.5 Å². The highest BCUT2D eigenvalue weighted by Crippen LogP contribution is 2.29. The smallest absolute Gasteiger partial charge is 0.241 e. The van der Waals surface area contributed by atoms with Gasteiger partial charge in [0.15, 0.2) is 5.17 Å². The lowest BCUT2D eigenvalue weighted by atomic mass is 10.0. The summed E-state index contributed by atoms with van der Waals surface area (Å²) in [6.45, 7) is 6.58. The molecule has 0 saturated carbocycles. The molecule has 0 radical (unpaired) electrons. The number of rotatable bonds is 4. The van der Waals surface area contributed by atoms with Crippen molar-refractivity contribution in [3.05, 3.63) is 59.2 Å². The zero-order valence-corrected chi connectivity index (χ0v) is 18.0. The van der Waals surface area contributed by atoms with Crippen LogP contribution < -0.4 is 21.1 Å². The molecule has 2 amide bonds. The van der Waals surface area contributed by atoms with Gasteiger partial charge >= 0.3 is 0 Å². The van der Waals surface area contributed by atoms with E-state index in [2.05, 4.69) is 16.2 Å². The van der Waals surface area contributed by atoms with Crippen LogP contribution in [0.4, 0.5) is 11.4 Å². The Hall–Kier alpha value is -2.68. The first-order valence-corrected chi connectivity index (χ1v) is 10.9. The second-order valence-corrected chi connectivity index (χ2v) is 8.58. The SMILES string of the molecule is Cc1ccc(N2C(=O)C3CNNC3N=C2SCC(=O)Nc2ccc(C)c(C)c2)cc1. The second-order valence-electron chi connectivity index (χ2n) is 7.63. The maximum Gasteiger partial charge on any atom is 0.241 e. The van der Waals surface area contributed by atoms with Gasteiger partial charge in [-0.15, -0.1) is 0 Å². The molecule has 2 aromatic carbocycles. The van der Waals surface area contributed by atoms with Crippen LogP contribution in [0.25, 0.3) is 0 Å². The molecule has 7 nitrogen and oxygen atoms in total. The number of hydrogen-bond donors (Lipinski definition) is 3. The van der Waals surface area contributed by atoms with Crippen molar-refractivity contribution in [1.82, 2.24) is 10.9 Å². The number of nitrogens with zero attached hydrogens (tertiary/aromatic N) is 2. The minimum Gasteiger partial charge on any atom is -0.325 e. The summed E-state index contributed by atoms with van der Waals surface area (Å²) in [6.07, 6.45) is -0.315. The molecular formula is C22H25N5O2S. The molecular weight excluding hydrogens is 398 g/mol. The number of thioether (sulfide) groups is 1. The summed E-state index contributed by atoms with van der Waals surface area (Å²) in [7, 11) is 0. The minimum atomic E-state index is -0.315. The molecule has 1 saturated heterocycles. The maximum absolute atomic E-state index is 13.2. The third-order valence-electron chi connectivity index (χ3n) is 5.35. The van der Waals surface area contributed by atoms with Gasteiger partial charge in [0, 0.05) is 12.2 Å². The average molecular weight is 424 g/mol. The molecule has 2 unspecified atom stereocenters. The van der Waals surface area contributed by atoms with E-state index in [0.717, 1.165) is 22.5 Å². The van der Waals surface area contributed by atoms with Crippen LogP contribution in [0.2, 0.25) is 0 Å². The molecule has 0 aromatic heterocycles. The van der Waals surface area contributed by atoms with E-state index in [9.17, 15) is 9.59 Å². The summed E-state index contributed by atoms with van der Waals surface area (Å²) in [5, 5.41) is 3.45. The largest absolute Gasteiger partial charge is 0.325 e. The van der Waals surface area contributed by atoms with Crippen molar-refractivity contribution >= 4 is 40.1 Å². The van der Waals surface area contributed by atoms with E-state index in [1.165, 1.54) is 17.3 Å². The normalized spacial score (nSPS) is 20.7. The van der Waals surface area contributed by atoms with Gasteiger partial charge in [0.2, 0.25) is 11.8 Å². The van der Waals surface area contributed by atoms with E-state index < -0.39 is 0 Å². The third kappa shape index (κ3) is 4.26. The van der Waals surface area contributed by atoms with Crippen molar-refractivity contribution in [1.29, 1.82) is 0 Å². The van der Waals surface area contributed by atoms with Crippen molar-refractivity contribution in [3.63, 3.8) is 0 Å². The van der Waals surface area contributed by atoms with Gasteiger partial charge in [-0.25, -0.2) is 10.4 Å². The Kier molecular flexibility index (Phi) is 5.90. The molecule has 4 rings (SSSR count). The first kappa shape index (κ1) is 20.6. The van der Waals surface area contributed by atoms with Crippen molar-refractivity contribution in [2.24, 2.45) is 10.9 Å². The molecule has 30 heavy (non-hydrogen) atoms. The lowest BCUT2D eigenvalue weighted by Gasteiger charge is -2.32. The Morgan fingerprint density at radius 2 is 1.93 bits per heavy atom. The maximum atomic E-state index is 13.2. The number of nitrogens with one attached hydrogen (secondary N) is 3. The Labute approximate surface area is 180 Å². The van der Waals surface area contributed by atoms with Gasteiger partial charge in [-0.2, -0.15) is 0 Å². The Bertz CT molecular complexity index is 1010. The molecule has 0 aliphatic carbocycles. The zero-order chi connectivity index (χ0) is 21.3. The molecule has 3 N–H and O–H groups in total. The van der Waals surface area contributed by atoms with Crippen LogP contribution in [0.1, 0.15) is 16.7 Å². The molecule has 156 valence electrons. The predicted molar refractivity (Wildman–Crippen MR) is 122 cm³/mol. The van der Waals surface area contributed by atoms with Gasteiger partial charge in [0.05, 0.1) is 17.4 Å². The summed E-state index contributed by atoms with van der Waals surface area (Å²) >= 11 is 1.27. The summed E-state index contributed by atoms with van der Waals surface area (Å²) in [4.78, 5) is 32.0. The molecule has 2 aromatic rings. The Morgan fingerprint density at radius 1 is 1.17 bits per heavy atom. The number of amidine groups is 1. The number of carbonyl (C=O) groups excluding carboxylic acids is 2. The van der Waals surface area contributed by atoms with E-state index in [1.807, 2.05) is 63.2 Å². The first-order valence-electron chi connectivity index (χ1n) is 9.89. The molecule has 2 heterocycles. The lowest BCUT2D eigenvalue weighted by Crippen LogP contribution is -2.49. The van der Waals surface area contributed by atoms with Gasteiger partial charge in [-0.1, -0.05) is 35.5 Å². The Balaban J connectivity index is 1.50. The molecule has 2 atom stereocenters. The summed E-state index contributed by atoms with van der Waals surface area (Å²) in [5.74, 6) is -0.262. The number of aryl methyl sites for hydroxylation is 3. The first-order chi connectivity index (χ1) is 14.4. The van der Waals surface area contributed by atoms with Crippen LogP contribution in [0.15, 0.2) is 47.5 Å². The van der Waals surface area contributed by atoms with E-state index in [1.54, 1.807) is 4.90 Å². The van der Waals surface area contributed by atoms with E-state index >= 15 is 0 Å².